The van der Waals surface area contributed by atoms with Gasteiger partial charge >= 0.3 is 0 Å². The predicted octanol–water partition coefficient (Wildman–Crippen LogP) is 3.20. The van der Waals surface area contributed by atoms with Gasteiger partial charge < -0.3 is 9.30 Å². The van der Waals surface area contributed by atoms with Gasteiger partial charge in [-0.05, 0) is 30.9 Å². The number of methoxy groups -OCH3 is 1. The van der Waals surface area contributed by atoms with Crippen LogP contribution in [0.2, 0.25) is 0 Å². The van der Waals surface area contributed by atoms with Crippen LogP contribution in [-0.4, -0.2) is 31.6 Å². The van der Waals surface area contributed by atoms with Crippen LogP contribution >= 0.6 is 11.3 Å². The maximum absolute atomic E-state index is 5.40. The maximum atomic E-state index is 5.40. The number of fused-ring (bicyclic) bond motifs is 1. The van der Waals surface area contributed by atoms with Crippen molar-refractivity contribution in [1.82, 2.24) is 24.5 Å². The zero-order valence-electron chi connectivity index (χ0n) is 14.5. The molecule has 0 fully saturated rings. The summed E-state index contributed by atoms with van der Waals surface area (Å²) in [5.74, 6) is 8.26. The number of aromatic nitrogens is 5. The third kappa shape index (κ3) is 2.91. The lowest BCUT2D eigenvalue weighted by Crippen LogP contribution is -1.97. The van der Waals surface area contributed by atoms with Gasteiger partial charge in [-0.1, -0.05) is 6.07 Å². The number of hydrogen-bond acceptors (Lipinski definition) is 6. The number of nitrogens with zero attached hydrogens (tertiary/aromatic N) is 5. The van der Waals surface area contributed by atoms with Gasteiger partial charge in [-0.2, -0.15) is 0 Å². The standard InChI is InChI=1S/C19H15N5OS/c1-12-21-14(13-5-4-6-16(25-3)18(13)22-12)7-8-17-23-15(11-24(17)2)19-20-9-10-26-19/h4-6,9-11H,1-3H3. The molecule has 0 bridgehead atoms. The third-order valence-electron chi connectivity index (χ3n) is 3.84. The first-order valence-electron chi connectivity index (χ1n) is 7.92. The summed E-state index contributed by atoms with van der Waals surface area (Å²) in [5, 5.41) is 3.66. The van der Waals surface area contributed by atoms with Crippen LogP contribution in [0, 0.1) is 18.8 Å². The quantitative estimate of drug-likeness (QED) is 0.513. The second-order valence-corrected chi connectivity index (χ2v) is 6.52. The topological polar surface area (TPSA) is 65.7 Å². The van der Waals surface area contributed by atoms with Crippen molar-refractivity contribution >= 4 is 22.2 Å². The molecule has 4 rings (SSSR count). The van der Waals surface area contributed by atoms with Crippen LogP contribution in [0.1, 0.15) is 17.3 Å². The Morgan fingerprint density at radius 1 is 1.15 bits per heavy atom. The minimum absolute atomic E-state index is 0.648. The molecule has 4 aromatic rings. The van der Waals surface area contributed by atoms with Crippen LogP contribution in [0.25, 0.3) is 21.6 Å². The van der Waals surface area contributed by atoms with Crippen molar-refractivity contribution in [3.8, 4) is 28.3 Å². The third-order valence-corrected chi connectivity index (χ3v) is 4.64. The van der Waals surface area contributed by atoms with Crippen molar-refractivity contribution in [3.05, 3.63) is 53.3 Å². The van der Waals surface area contributed by atoms with E-state index in [9.17, 15) is 0 Å². The van der Waals surface area contributed by atoms with E-state index in [-0.39, 0.29) is 0 Å². The predicted molar refractivity (Wildman–Crippen MR) is 101 cm³/mol. The number of hydrogen-bond donors (Lipinski definition) is 0. The van der Waals surface area contributed by atoms with Crippen LogP contribution in [-0.2, 0) is 7.05 Å². The molecule has 0 aliphatic carbocycles. The highest BCUT2D eigenvalue weighted by atomic mass is 32.1. The summed E-state index contributed by atoms with van der Waals surface area (Å²) in [6.45, 7) is 1.85. The van der Waals surface area contributed by atoms with Gasteiger partial charge in [0.05, 0.1) is 7.11 Å². The Labute approximate surface area is 154 Å². The lowest BCUT2D eigenvalue weighted by Gasteiger charge is -2.06. The van der Waals surface area contributed by atoms with Gasteiger partial charge in [0.2, 0.25) is 0 Å². The lowest BCUT2D eigenvalue weighted by atomic mass is 10.1. The molecule has 0 unspecified atom stereocenters. The fourth-order valence-corrected chi connectivity index (χ4v) is 3.24. The first-order valence-corrected chi connectivity index (χ1v) is 8.80. The Morgan fingerprint density at radius 3 is 2.81 bits per heavy atom. The molecule has 26 heavy (non-hydrogen) atoms. The highest BCUT2D eigenvalue weighted by molar-refractivity contribution is 7.13. The Bertz CT molecular complexity index is 1150. The monoisotopic (exact) mass is 361 g/mol. The molecule has 128 valence electrons. The van der Waals surface area contributed by atoms with Crippen molar-refractivity contribution < 1.29 is 4.74 Å². The summed E-state index contributed by atoms with van der Waals surface area (Å²) in [5.41, 5.74) is 2.23. The van der Waals surface area contributed by atoms with Crippen molar-refractivity contribution in [2.24, 2.45) is 7.05 Å². The molecule has 0 spiro atoms. The molecule has 0 aliphatic rings. The number of imidazole rings is 1. The van der Waals surface area contributed by atoms with Gasteiger partial charge in [-0.15, -0.1) is 11.3 Å². The molecular formula is C19H15N5OS. The Balaban J connectivity index is 1.80. The minimum Gasteiger partial charge on any atom is -0.494 e. The fraction of sp³-hybridized carbons (Fsp3) is 0.158. The lowest BCUT2D eigenvalue weighted by molar-refractivity contribution is 0.418. The highest BCUT2D eigenvalue weighted by Gasteiger charge is 2.10. The van der Waals surface area contributed by atoms with E-state index < -0.39 is 0 Å². The fourth-order valence-electron chi connectivity index (χ4n) is 2.65. The maximum Gasteiger partial charge on any atom is 0.186 e. The van der Waals surface area contributed by atoms with E-state index in [4.69, 9.17) is 4.74 Å². The molecule has 0 atom stereocenters. The number of benzene rings is 1. The zero-order valence-corrected chi connectivity index (χ0v) is 15.3. The smallest absolute Gasteiger partial charge is 0.186 e. The van der Waals surface area contributed by atoms with Crippen molar-refractivity contribution in [1.29, 1.82) is 0 Å². The SMILES string of the molecule is COc1cccc2c(C#Cc3nc(-c4nccs4)cn3C)nc(C)nc12. The van der Waals surface area contributed by atoms with E-state index in [0.717, 1.165) is 21.6 Å². The van der Waals surface area contributed by atoms with Gasteiger partial charge in [0.1, 0.15) is 33.5 Å². The molecule has 0 saturated carbocycles. The average molecular weight is 361 g/mol. The molecule has 0 saturated heterocycles. The molecule has 0 N–H and O–H groups in total. The van der Waals surface area contributed by atoms with E-state index in [1.54, 1.807) is 24.6 Å². The summed E-state index contributed by atoms with van der Waals surface area (Å²) in [7, 11) is 3.55. The zero-order chi connectivity index (χ0) is 18.1. The Hall–Kier alpha value is -3.24. The largest absolute Gasteiger partial charge is 0.494 e. The summed E-state index contributed by atoms with van der Waals surface area (Å²) in [4.78, 5) is 17.8. The molecule has 0 radical (unpaired) electrons. The number of aryl methyl sites for hydroxylation is 2. The number of thiazole rings is 1. The molecular weight excluding hydrogens is 346 g/mol. The first kappa shape index (κ1) is 16.2. The van der Waals surface area contributed by atoms with Crippen molar-refractivity contribution in [2.75, 3.05) is 7.11 Å². The number of rotatable bonds is 2. The summed E-state index contributed by atoms with van der Waals surface area (Å²) in [6, 6.07) is 5.73. The van der Waals surface area contributed by atoms with Crippen LogP contribution in [0.3, 0.4) is 0 Å². The molecule has 7 heteroatoms. The van der Waals surface area contributed by atoms with Gasteiger partial charge in [-0.3, -0.25) is 0 Å². The van der Waals surface area contributed by atoms with Gasteiger partial charge in [0, 0.05) is 30.2 Å². The summed E-state index contributed by atoms with van der Waals surface area (Å²) >= 11 is 1.55. The van der Waals surface area contributed by atoms with E-state index >= 15 is 0 Å². The molecule has 6 nitrogen and oxygen atoms in total. The minimum atomic E-state index is 0.648. The van der Waals surface area contributed by atoms with Gasteiger partial charge in [0.25, 0.3) is 0 Å². The molecule has 3 aromatic heterocycles. The van der Waals surface area contributed by atoms with E-state index in [1.807, 2.05) is 48.3 Å². The van der Waals surface area contributed by atoms with Crippen molar-refractivity contribution in [3.63, 3.8) is 0 Å². The van der Waals surface area contributed by atoms with Gasteiger partial charge in [-0.25, -0.2) is 19.9 Å². The normalized spacial score (nSPS) is 10.6. The molecule has 3 heterocycles. The molecule has 0 amide bonds. The van der Waals surface area contributed by atoms with Gasteiger partial charge in [0.15, 0.2) is 5.82 Å². The van der Waals surface area contributed by atoms with Crippen LogP contribution in [0.5, 0.6) is 5.75 Å². The van der Waals surface area contributed by atoms with Crippen LogP contribution < -0.4 is 4.74 Å². The highest BCUT2D eigenvalue weighted by Crippen LogP contribution is 2.25. The second-order valence-electron chi connectivity index (χ2n) is 5.62. The second kappa shape index (κ2) is 6.58. The molecule has 0 aliphatic heterocycles. The van der Waals surface area contributed by atoms with Crippen LogP contribution in [0.15, 0.2) is 36.0 Å². The Morgan fingerprint density at radius 2 is 2.04 bits per heavy atom. The van der Waals surface area contributed by atoms with E-state index in [2.05, 4.69) is 31.8 Å². The van der Waals surface area contributed by atoms with Crippen molar-refractivity contribution in [2.45, 2.75) is 6.92 Å². The summed E-state index contributed by atoms with van der Waals surface area (Å²) < 4.78 is 7.29. The number of para-hydroxylation sites is 1. The number of ether oxygens (including phenoxy) is 1. The Kier molecular flexibility index (Phi) is 4.11. The van der Waals surface area contributed by atoms with Crippen LogP contribution in [0.4, 0.5) is 0 Å². The summed E-state index contributed by atoms with van der Waals surface area (Å²) in [6.07, 6.45) is 3.69. The molecule has 1 aromatic carbocycles. The average Bonchev–Trinajstić information content (AvgIpc) is 3.29. The first-order chi connectivity index (χ1) is 12.7. The van der Waals surface area contributed by atoms with E-state index in [0.29, 0.717) is 23.1 Å². The van der Waals surface area contributed by atoms with E-state index in [1.165, 1.54) is 0 Å².